The number of hydrogen-bond donors (Lipinski definition) is 2. The molecule has 0 bridgehead atoms. The lowest BCUT2D eigenvalue weighted by Gasteiger charge is -2.36. The molecule has 21 heavy (non-hydrogen) atoms. The first kappa shape index (κ1) is 14.4. The lowest BCUT2D eigenvalue weighted by molar-refractivity contribution is -0.144. The van der Waals surface area contributed by atoms with Gasteiger partial charge in [-0.2, -0.15) is 0 Å². The smallest absolute Gasteiger partial charge is 0.225 e. The van der Waals surface area contributed by atoms with E-state index in [-0.39, 0.29) is 23.7 Å². The van der Waals surface area contributed by atoms with Gasteiger partial charge >= 0.3 is 0 Å². The summed E-state index contributed by atoms with van der Waals surface area (Å²) in [5.41, 5.74) is 0.929. The molecule has 0 aliphatic carbocycles. The maximum atomic E-state index is 12.6. The number of phenols is 1. The molecule has 2 aliphatic rings. The molecule has 1 aromatic rings. The molecule has 5 heteroatoms. The third kappa shape index (κ3) is 3.36. The molecule has 1 unspecified atom stereocenters. The molecule has 1 amide bonds. The van der Waals surface area contributed by atoms with Crippen LogP contribution < -0.4 is 5.32 Å². The van der Waals surface area contributed by atoms with Crippen LogP contribution in [0, 0.1) is 5.92 Å². The monoisotopic (exact) mass is 290 g/mol. The Kier molecular flexibility index (Phi) is 4.41. The number of ether oxygens (including phenoxy) is 1. The van der Waals surface area contributed by atoms with Gasteiger partial charge in [0.2, 0.25) is 5.91 Å². The van der Waals surface area contributed by atoms with Gasteiger partial charge in [0.1, 0.15) is 11.9 Å². The van der Waals surface area contributed by atoms with Crippen molar-refractivity contribution in [2.75, 3.05) is 32.8 Å². The molecule has 3 rings (SSSR count). The van der Waals surface area contributed by atoms with Gasteiger partial charge in [-0.05, 0) is 43.6 Å². The number of amides is 1. The average molecular weight is 290 g/mol. The normalized spacial score (nSPS) is 24.0. The van der Waals surface area contributed by atoms with Crippen LogP contribution in [-0.4, -0.2) is 48.7 Å². The molecule has 2 fully saturated rings. The molecule has 0 radical (unpaired) electrons. The number of hydrogen-bond acceptors (Lipinski definition) is 4. The highest BCUT2D eigenvalue weighted by molar-refractivity contribution is 5.79. The maximum Gasteiger partial charge on any atom is 0.225 e. The second-order valence-corrected chi connectivity index (χ2v) is 5.76. The Labute approximate surface area is 124 Å². The number of carbonyl (C=O) groups is 1. The van der Waals surface area contributed by atoms with Crippen molar-refractivity contribution in [3.63, 3.8) is 0 Å². The van der Waals surface area contributed by atoms with Gasteiger partial charge in [0.25, 0.3) is 0 Å². The van der Waals surface area contributed by atoms with Crippen molar-refractivity contribution in [2.24, 2.45) is 5.92 Å². The minimum atomic E-state index is -0.142. The Balaban J connectivity index is 1.66. The van der Waals surface area contributed by atoms with Crippen LogP contribution in [0.4, 0.5) is 0 Å². The molecule has 1 atom stereocenters. The molecule has 2 heterocycles. The summed E-state index contributed by atoms with van der Waals surface area (Å²) in [5, 5.41) is 12.9. The highest BCUT2D eigenvalue weighted by atomic mass is 16.5. The lowest BCUT2D eigenvalue weighted by atomic mass is 9.96. The van der Waals surface area contributed by atoms with E-state index in [2.05, 4.69) is 5.32 Å². The number of piperidine rings is 1. The lowest BCUT2D eigenvalue weighted by Crippen LogP contribution is -2.47. The van der Waals surface area contributed by atoms with Crippen LogP contribution in [0.3, 0.4) is 0 Å². The van der Waals surface area contributed by atoms with E-state index >= 15 is 0 Å². The van der Waals surface area contributed by atoms with Crippen molar-refractivity contribution in [1.29, 1.82) is 0 Å². The summed E-state index contributed by atoms with van der Waals surface area (Å²) in [6, 6.07) is 7.10. The van der Waals surface area contributed by atoms with Crippen molar-refractivity contribution < 1.29 is 14.6 Å². The van der Waals surface area contributed by atoms with E-state index in [4.69, 9.17) is 4.74 Å². The quantitative estimate of drug-likeness (QED) is 0.861. The fraction of sp³-hybridized carbons (Fsp3) is 0.562. The average Bonchev–Trinajstić information content (AvgIpc) is 2.55. The number of nitrogens with zero attached hydrogens (tertiary/aromatic N) is 1. The molecule has 1 aromatic carbocycles. The SMILES string of the molecule is O=C(C1CCNCC1)N1CCOC(c2cccc(O)c2)C1. The van der Waals surface area contributed by atoms with E-state index < -0.39 is 0 Å². The molecule has 2 saturated heterocycles. The van der Waals surface area contributed by atoms with Gasteiger partial charge in [0, 0.05) is 12.5 Å². The van der Waals surface area contributed by atoms with Crippen molar-refractivity contribution in [3.05, 3.63) is 29.8 Å². The summed E-state index contributed by atoms with van der Waals surface area (Å²) in [6.07, 6.45) is 1.71. The van der Waals surface area contributed by atoms with Crippen LogP contribution in [0.25, 0.3) is 0 Å². The number of rotatable bonds is 2. The van der Waals surface area contributed by atoms with Gasteiger partial charge in [-0.1, -0.05) is 12.1 Å². The van der Waals surface area contributed by atoms with Crippen LogP contribution in [0.15, 0.2) is 24.3 Å². The third-order valence-corrected chi connectivity index (χ3v) is 4.31. The summed E-state index contributed by atoms with van der Waals surface area (Å²) in [7, 11) is 0. The van der Waals surface area contributed by atoms with Gasteiger partial charge < -0.3 is 20.1 Å². The number of aromatic hydroxyl groups is 1. The first-order valence-electron chi connectivity index (χ1n) is 7.64. The minimum absolute atomic E-state index is 0.142. The Bertz CT molecular complexity index is 500. The number of morpholine rings is 1. The zero-order valence-corrected chi connectivity index (χ0v) is 12.1. The summed E-state index contributed by atoms with van der Waals surface area (Å²) < 4.78 is 5.77. The van der Waals surface area contributed by atoms with Crippen molar-refractivity contribution in [1.82, 2.24) is 10.2 Å². The predicted molar refractivity (Wildman–Crippen MR) is 79.0 cm³/mol. The summed E-state index contributed by atoms with van der Waals surface area (Å²) in [6.45, 7) is 3.65. The van der Waals surface area contributed by atoms with Crippen molar-refractivity contribution in [2.45, 2.75) is 18.9 Å². The number of benzene rings is 1. The molecule has 0 aromatic heterocycles. The second kappa shape index (κ2) is 6.45. The second-order valence-electron chi connectivity index (χ2n) is 5.76. The first-order chi connectivity index (χ1) is 10.2. The highest BCUT2D eigenvalue weighted by Gasteiger charge is 2.30. The van der Waals surface area contributed by atoms with Crippen LogP contribution in [0.2, 0.25) is 0 Å². The Morgan fingerprint density at radius 1 is 1.33 bits per heavy atom. The van der Waals surface area contributed by atoms with Crippen LogP contribution in [0.5, 0.6) is 5.75 Å². The van der Waals surface area contributed by atoms with E-state index in [1.807, 2.05) is 17.0 Å². The molecule has 2 aliphatic heterocycles. The van der Waals surface area contributed by atoms with E-state index in [1.54, 1.807) is 12.1 Å². The Morgan fingerprint density at radius 2 is 2.14 bits per heavy atom. The van der Waals surface area contributed by atoms with Gasteiger partial charge in [0.15, 0.2) is 0 Å². The largest absolute Gasteiger partial charge is 0.508 e. The standard InChI is InChI=1S/C16H22N2O3/c19-14-3-1-2-13(10-14)15-11-18(8-9-21-15)16(20)12-4-6-17-7-5-12/h1-3,10,12,15,17,19H,4-9,11H2. The fourth-order valence-electron chi connectivity index (χ4n) is 3.10. The number of carbonyl (C=O) groups excluding carboxylic acids is 1. The molecule has 2 N–H and O–H groups in total. The highest BCUT2D eigenvalue weighted by Crippen LogP contribution is 2.26. The predicted octanol–water partition coefficient (Wildman–Crippen LogP) is 1.29. The molecule has 5 nitrogen and oxygen atoms in total. The van der Waals surface area contributed by atoms with Gasteiger partial charge in [-0.15, -0.1) is 0 Å². The van der Waals surface area contributed by atoms with Gasteiger partial charge in [0.05, 0.1) is 13.2 Å². The molecular weight excluding hydrogens is 268 g/mol. The van der Waals surface area contributed by atoms with E-state index in [1.165, 1.54) is 0 Å². The van der Waals surface area contributed by atoms with Crippen LogP contribution in [-0.2, 0) is 9.53 Å². The molecule has 0 saturated carbocycles. The van der Waals surface area contributed by atoms with E-state index in [9.17, 15) is 9.90 Å². The topological polar surface area (TPSA) is 61.8 Å². The maximum absolute atomic E-state index is 12.6. The van der Waals surface area contributed by atoms with Crippen molar-refractivity contribution in [3.8, 4) is 5.75 Å². The Morgan fingerprint density at radius 3 is 2.90 bits per heavy atom. The molecule has 0 spiro atoms. The summed E-state index contributed by atoms with van der Waals surface area (Å²) in [5.74, 6) is 0.636. The Hall–Kier alpha value is -1.59. The molecule has 114 valence electrons. The third-order valence-electron chi connectivity index (χ3n) is 4.31. The van der Waals surface area contributed by atoms with Gasteiger partial charge in [-0.25, -0.2) is 0 Å². The molecular formula is C16H22N2O3. The van der Waals surface area contributed by atoms with Crippen LogP contribution in [0.1, 0.15) is 24.5 Å². The van der Waals surface area contributed by atoms with E-state index in [0.29, 0.717) is 19.7 Å². The minimum Gasteiger partial charge on any atom is -0.508 e. The van der Waals surface area contributed by atoms with Crippen molar-refractivity contribution >= 4 is 5.91 Å². The fourth-order valence-corrected chi connectivity index (χ4v) is 3.10. The number of nitrogens with one attached hydrogen (secondary N) is 1. The number of phenolic OH excluding ortho intramolecular Hbond substituents is 1. The summed E-state index contributed by atoms with van der Waals surface area (Å²) in [4.78, 5) is 14.5. The first-order valence-corrected chi connectivity index (χ1v) is 7.64. The zero-order chi connectivity index (χ0) is 14.7. The van der Waals surface area contributed by atoms with Crippen LogP contribution >= 0.6 is 0 Å². The zero-order valence-electron chi connectivity index (χ0n) is 12.1. The summed E-state index contributed by atoms with van der Waals surface area (Å²) >= 11 is 0. The van der Waals surface area contributed by atoms with Gasteiger partial charge in [-0.3, -0.25) is 4.79 Å². The van der Waals surface area contributed by atoms with E-state index in [0.717, 1.165) is 31.5 Å².